The van der Waals surface area contributed by atoms with Gasteiger partial charge in [-0.2, -0.15) is 0 Å². The van der Waals surface area contributed by atoms with Crippen molar-refractivity contribution in [1.82, 2.24) is 9.97 Å². The first-order valence-corrected chi connectivity index (χ1v) is 3.70. The number of amides is 1. The molecule has 1 aromatic rings. The zero-order chi connectivity index (χ0) is 9.84. The highest BCUT2D eigenvalue weighted by Gasteiger charge is 2.07. The van der Waals surface area contributed by atoms with Gasteiger partial charge in [-0.1, -0.05) is 0 Å². The largest absolute Gasteiger partial charge is 0.368 e. The van der Waals surface area contributed by atoms with Gasteiger partial charge in [-0.25, -0.2) is 4.98 Å². The van der Waals surface area contributed by atoms with Crippen molar-refractivity contribution in [1.29, 1.82) is 0 Å². The molecule has 4 N–H and O–H groups in total. The average molecular weight is 182 g/mol. The Kier molecular flexibility index (Phi) is 2.63. The summed E-state index contributed by atoms with van der Waals surface area (Å²) < 4.78 is 0. The van der Waals surface area contributed by atoms with Gasteiger partial charge in [0.1, 0.15) is 11.9 Å². The summed E-state index contributed by atoms with van der Waals surface area (Å²) >= 11 is 0. The summed E-state index contributed by atoms with van der Waals surface area (Å²) in [5.41, 5.74) is 4.72. The van der Waals surface area contributed by atoms with Crippen LogP contribution in [0.1, 0.15) is 6.92 Å². The number of rotatable bonds is 3. The number of nitrogens with zero attached hydrogens (tertiary/aromatic N) is 1. The molecule has 0 fully saturated rings. The van der Waals surface area contributed by atoms with Gasteiger partial charge in [0.25, 0.3) is 5.56 Å². The van der Waals surface area contributed by atoms with Gasteiger partial charge in [-0.05, 0) is 6.92 Å². The maximum absolute atomic E-state index is 10.8. The van der Waals surface area contributed by atoms with Gasteiger partial charge in [0.2, 0.25) is 5.91 Å². The standard InChI is InChI=1S/C7H10N4O2/c1-4(7(8)13)11-5-2-6(12)10-3-9-5/h2-4H,1H3,(H2,8,13)(H2,9,10,11,12). The number of hydrogen-bond donors (Lipinski definition) is 3. The third kappa shape index (κ3) is 2.58. The average Bonchev–Trinajstić information content (AvgIpc) is 2.04. The van der Waals surface area contributed by atoms with Crippen molar-refractivity contribution in [2.24, 2.45) is 5.73 Å². The van der Waals surface area contributed by atoms with E-state index < -0.39 is 11.9 Å². The Bertz CT molecular complexity index is 360. The predicted molar refractivity (Wildman–Crippen MR) is 47.1 cm³/mol. The lowest BCUT2D eigenvalue weighted by Crippen LogP contribution is -2.33. The molecule has 1 unspecified atom stereocenters. The summed E-state index contributed by atoms with van der Waals surface area (Å²) in [5, 5.41) is 2.68. The highest BCUT2D eigenvalue weighted by molar-refractivity contribution is 5.82. The molecule has 1 rings (SSSR count). The second kappa shape index (κ2) is 3.70. The Hall–Kier alpha value is -1.85. The lowest BCUT2D eigenvalue weighted by molar-refractivity contribution is -0.118. The van der Waals surface area contributed by atoms with Crippen molar-refractivity contribution >= 4 is 11.7 Å². The molecule has 0 aliphatic rings. The van der Waals surface area contributed by atoms with Crippen LogP contribution in [0.2, 0.25) is 0 Å². The Morgan fingerprint density at radius 2 is 2.46 bits per heavy atom. The molecule has 0 radical (unpaired) electrons. The molecular formula is C7H10N4O2. The van der Waals surface area contributed by atoms with Crippen molar-refractivity contribution in [3.8, 4) is 0 Å². The van der Waals surface area contributed by atoms with Crippen molar-refractivity contribution in [2.45, 2.75) is 13.0 Å². The Morgan fingerprint density at radius 1 is 1.77 bits per heavy atom. The number of anilines is 1. The number of nitrogens with one attached hydrogen (secondary N) is 2. The SMILES string of the molecule is CC(Nc1cc(=O)[nH]cn1)C(N)=O. The van der Waals surface area contributed by atoms with E-state index in [0.717, 1.165) is 0 Å². The van der Waals surface area contributed by atoms with Crippen LogP contribution in [0, 0.1) is 0 Å². The van der Waals surface area contributed by atoms with E-state index in [2.05, 4.69) is 15.3 Å². The zero-order valence-corrected chi connectivity index (χ0v) is 7.07. The van der Waals surface area contributed by atoms with Gasteiger partial charge in [0, 0.05) is 6.07 Å². The zero-order valence-electron chi connectivity index (χ0n) is 7.07. The van der Waals surface area contributed by atoms with E-state index in [1.165, 1.54) is 12.4 Å². The fraction of sp³-hybridized carbons (Fsp3) is 0.286. The van der Waals surface area contributed by atoms with Crippen LogP contribution in [0.25, 0.3) is 0 Å². The summed E-state index contributed by atoms with van der Waals surface area (Å²) in [4.78, 5) is 27.6. The number of hydrogen-bond acceptors (Lipinski definition) is 4. The fourth-order valence-corrected chi connectivity index (χ4v) is 0.740. The number of H-pyrrole nitrogens is 1. The van der Waals surface area contributed by atoms with Gasteiger partial charge in [-0.15, -0.1) is 0 Å². The highest BCUT2D eigenvalue weighted by atomic mass is 16.1. The van der Waals surface area contributed by atoms with Crippen LogP contribution in [-0.2, 0) is 4.79 Å². The Balaban J connectivity index is 2.75. The molecule has 1 heterocycles. The van der Waals surface area contributed by atoms with Crippen LogP contribution in [0.4, 0.5) is 5.82 Å². The predicted octanol–water partition coefficient (Wildman–Crippen LogP) is -0.944. The van der Waals surface area contributed by atoms with Gasteiger partial charge in [0.15, 0.2) is 0 Å². The second-order valence-electron chi connectivity index (χ2n) is 2.56. The quantitative estimate of drug-likeness (QED) is 0.561. The van der Waals surface area contributed by atoms with E-state index in [1.807, 2.05) is 0 Å². The molecule has 0 bridgehead atoms. The molecule has 6 nitrogen and oxygen atoms in total. The molecule has 70 valence electrons. The fourth-order valence-electron chi connectivity index (χ4n) is 0.740. The van der Waals surface area contributed by atoms with Crippen LogP contribution >= 0.6 is 0 Å². The van der Waals surface area contributed by atoms with Gasteiger partial charge in [-0.3, -0.25) is 9.59 Å². The van der Waals surface area contributed by atoms with Crippen LogP contribution < -0.4 is 16.6 Å². The van der Waals surface area contributed by atoms with E-state index in [0.29, 0.717) is 5.82 Å². The van der Waals surface area contributed by atoms with Crippen molar-refractivity contribution < 1.29 is 4.79 Å². The van der Waals surface area contributed by atoms with Gasteiger partial charge >= 0.3 is 0 Å². The summed E-state index contributed by atoms with van der Waals surface area (Å²) in [6.07, 6.45) is 1.25. The molecule has 6 heteroatoms. The van der Waals surface area contributed by atoms with Gasteiger partial charge in [0.05, 0.1) is 6.33 Å². The van der Waals surface area contributed by atoms with E-state index in [9.17, 15) is 9.59 Å². The molecule has 0 saturated heterocycles. The summed E-state index contributed by atoms with van der Waals surface area (Å²) in [5.74, 6) is -0.169. The molecule has 1 amide bonds. The van der Waals surface area contributed by atoms with Crippen molar-refractivity contribution in [3.05, 3.63) is 22.7 Å². The minimum atomic E-state index is -0.547. The first kappa shape index (κ1) is 9.24. The molecular weight excluding hydrogens is 172 g/mol. The second-order valence-corrected chi connectivity index (χ2v) is 2.56. The van der Waals surface area contributed by atoms with Crippen molar-refractivity contribution in [3.63, 3.8) is 0 Å². The van der Waals surface area contributed by atoms with E-state index in [1.54, 1.807) is 6.92 Å². The summed E-state index contributed by atoms with van der Waals surface area (Å²) in [6.45, 7) is 1.59. The summed E-state index contributed by atoms with van der Waals surface area (Å²) in [7, 11) is 0. The third-order valence-electron chi connectivity index (χ3n) is 1.47. The third-order valence-corrected chi connectivity index (χ3v) is 1.47. The molecule has 13 heavy (non-hydrogen) atoms. The Morgan fingerprint density at radius 3 is 3.00 bits per heavy atom. The smallest absolute Gasteiger partial charge is 0.252 e. The minimum Gasteiger partial charge on any atom is -0.368 e. The number of carbonyl (C=O) groups excluding carboxylic acids is 1. The molecule has 0 spiro atoms. The van der Waals surface area contributed by atoms with Gasteiger partial charge < -0.3 is 16.0 Å². The number of aromatic amines is 1. The molecule has 0 aromatic carbocycles. The van der Waals surface area contributed by atoms with E-state index >= 15 is 0 Å². The topological polar surface area (TPSA) is 101 Å². The van der Waals surface area contributed by atoms with Crippen LogP contribution in [0.3, 0.4) is 0 Å². The normalized spacial score (nSPS) is 12.1. The number of nitrogens with two attached hydrogens (primary N) is 1. The molecule has 1 aromatic heterocycles. The van der Waals surface area contributed by atoms with E-state index in [-0.39, 0.29) is 5.56 Å². The lowest BCUT2D eigenvalue weighted by atomic mass is 10.3. The highest BCUT2D eigenvalue weighted by Crippen LogP contribution is 1.97. The number of carbonyl (C=O) groups is 1. The maximum Gasteiger partial charge on any atom is 0.252 e. The number of aromatic nitrogens is 2. The van der Waals surface area contributed by atoms with E-state index in [4.69, 9.17) is 5.73 Å². The first-order chi connectivity index (χ1) is 6.09. The molecule has 0 saturated carbocycles. The number of primary amides is 1. The van der Waals surface area contributed by atoms with Crippen molar-refractivity contribution in [2.75, 3.05) is 5.32 Å². The minimum absolute atomic E-state index is 0.283. The monoisotopic (exact) mass is 182 g/mol. The van der Waals surface area contributed by atoms with Crippen LogP contribution in [-0.4, -0.2) is 21.9 Å². The first-order valence-electron chi connectivity index (χ1n) is 3.70. The molecule has 1 atom stereocenters. The molecule has 0 aliphatic heterocycles. The maximum atomic E-state index is 10.8. The summed E-state index contributed by atoms with van der Waals surface area (Å²) in [6, 6.07) is 0.702. The lowest BCUT2D eigenvalue weighted by Gasteiger charge is -2.09. The van der Waals surface area contributed by atoms with Crippen LogP contribution in [0.5, 0.6) is 0 Å². The Labute approximate surface area is 74.2 Å². The van der Waals surface area contributed by atoms with Crippen LogP contribution in [0.15, 0.2) is 17.2 Å². The molecule has 0 aliphatic carbocycles.